The molecule has 2 rings (SSSR count). The summed E-state index contributed by atoms with van der Waals surface area (Å²) in [5, 5.41) is 3.71. The van der Waals surface area contributed by atoms with Gasteiger partial charge in [-0.3, -0.25) is 4.79 Å². The lowest BCUT2D eigenvalue weighted by atomic mass is 10.1. The molecule has 0 heterocycles. The quantitative estimate of drug-likeness (QED) is 0.773. The Balaban J connectivity index is 2.28. The molecule has 98 valence electrons. The van der Waals surface area contributed by atoms with Crippen molar-refractivity contribution in [3.05, 3.63) is 62.0 Å². The molecule has 2 aromatic rings. The molecule has 0 saturated heterocycles. The molecule has 1 amide bonds. The molecule has 2 aromatic carbocycles. The topological polar surface area (TPSA) is 29.1 Å². The van der Waals surface area contributed by atoms with Crippen LogP contribution >= 0.6 is 39.1 Å². The largest absolute Gasteiger partial charge is 0.321 e. The average molecular weight is 359 g/mol. The number of amides is 1. The van der Waals surface area contributed by atoms with Crippen LogP contribution in [0.3, 0.4) is 0 Å². The molecule has 1 N–H and O–H groups in total. The lowest BCUT2D eigenvalue weighted by Gasteiger charge is -2.08. The van der Waals surface area contributed by atoms with Crippen molar-refractivity contribution in [1.82, 2.24) is 0 Å². The normalized spacial score (nSPS) is 10.3. The van der Waals surface area contributed by atoms with Gasteiger partial charge in [-0.1, -0.05) is 39.1 Å². The smallest absolute Gasteiger partial charge is 0.255 e. The fourth-order valence-corrected chi connectivity index (χ4v) is 2.60. The number of rotatable bonds is 2. The highest BCUT2D eigenvalue weighted by Gasteiger charge is 2.10. The monoisotopic (exact) mass is 357 g/mol. The van der Waals surface area contributed by atoms with Gasteiger partial charge in [0.15, 0.2) is 0 Å². The van der Waals surface area contributed by atoms with Gasteiger partial charge in [-0.05, 0) is 48.9 Å². The van der Waals surface area contributed by atoms with Gasteiger partial charge >= 0.3 is 0 Å². The van der Waals surface area contributed by atoms with Gasteiger partial charge in [-0.15, -0.1) is 0 Å². The first-order valence-corrected chi connectivity index (χ1v) is 7.04. The number of benzene rings is 2. The highest BCUT2D eigenvalue weighted by Crippen LogP contribution is 2.26. The summed E-state index contributed by atoms with van der Waals surface area (Å²) in [5.74, 6) is -0.228. The van der Waals surface area contributed by atoms with E-state index in [1.54, 1.807) is 30.3 Å². The Morgan fingerprint density at radius 2 is 1.89 bits per heavy atom. The van der Waals surface area contributed by atoms with Gasteiger partial charge in [-0.25, -0.2) is 0 Å². The maximum atomic E-state index is 12.1. The Labute approximate surface area is 129 Å². The van der Waals surface area contributed by atoms with Crippen molar-refractivity contribution in [3.63, 3.8) is 0 Å². The van der Waals surface area contributed by atoms with E-state index in [2.05, 4.69) is 21.2 Å². The minimum absolute atomic E-state index is 0.228. The van der Waals surface area contributed by atoms with Crippen molar-refractivity contribution in [2.75, 3.05) is 5.32 Å². The van der Waals surface area contributed by atoms with E-state index in [4.69, 9.17) is 23.2 Å². The van der Waals surface area contributed by atoms with Gasteiger partial charge in [0.05, 0.1) is 10.7 Å². The zero-order chi connectivity index (χ0) is 14.0. The number of halogens is 3. The number of hydrogen-bond donors (Lipinski definition) is 1. The van der Waals surface area contributed by atoms with E-state index in [0.29, 0.717) is 21.3 Å². The van der Waals surface area contributed by atoms with Crippen molar-refractivity contribution in [2.24, 2.45) is 0 Å². The summed E-state index contributed by atoms with van der Waals surface area (Å²) >= 11 is 15.3. The number of carbonyl (C=O) groups excluding carboxylic acids is 1. The number of nitrogens with one attached hydrogen (secondary N) is 1. The van der Waals surface area contributed by atoms with Crippen molar-refractivity contribution >= 4 is 50.7 Å². The van der Waals surface area contributed by atoms with Crippen LogP contribution in [0.4, 0.5) is 5.69 Å². The second kappa shape index (κ2) is 5.95. The Kier molecular flexibility index (Phi) is 4.50. The summed E-state index contributed by atoms with van der Waals surface area (Å²) in [6.45, 7) is 1.92. The molecule has 0 radical (unpaired) electrons. The van der Waals surface area contributed by atoms with Gasteiger partial charge in [0.25, 0.3) is 5.91 Å². The molecule has 19 heavy (non-hydrogen) atoms. The van der Waals surface area contributed by atoms with E-state index < -0.39 is 0 Å². The van der Waals surface area contributed by atoms with E-state index in [1.165, 1.54) is 0 Å². The number of carbonyl (C=O) groups is 1. The predicted octanol–water partition coefficient (Wildman–Crippen LogP) is 5.32. The van der Waals surface area contributed by atoms with Crippen LogP contribution in [0.1, 0.15) is 15.9 Å². The molecule has 0 bridgehead atoms. The van der Waals surface area contributed by atoms with Crippen LogP contribution < -0.4 is 5.32 Å². The minimum Gasteiger partial charge on any atom is -0.321 e. The van der Waals surface area contributed by atoms with Crippen molar-refractivity contribution in [2.45, 2.75) is 6.92 Å². The summed E-state index contributed by atoms with van der Waals surface area (Å²) in [7, 11) is 0. The first-order chi connectivity index (χ1) is 8.95. The van der Waals surface area contributed by atoms with Gasteiger partial charge in [-0.2, -0.15) is 0 Å². The summed E-state index contributed by atoms with van der Waals surface area (Å²) in [6.07, 6.45) is 0. The molecule has 0 aliphatic carbocycles. The number of anilines is 1. The molecule has 5 heteroatoms. The molecule has 0 aliphatic rings. The van der Waals surface area contributed by atoms with Crippen LogP contribution in [-0.2, 0) is 0 Å². The summed E-state index contributed by atoms with van der Waals surface area (Å²) in [5.41, 5.74) is 2.05. The summed E-state index contributed by atoms with van der Waals surface area (Å²) in [4.78, 5) is 12.1. The Bertz CT molecular complexity index is 623. The first-order valence-electron chi connectivity index (χ1n) is 5.49. The highest BCUT2D eigenvalue weighted by molar-refractivity contribution is 9.10. The van der Waals surface area contributed by atoms with Crippen molar-refractivity contribution < 1.29 is 4.79 Å². The second-order valence-electron chi connectivity index (χ2n) is 4.10. The molecule has 0 atom stereocenters. The second-order valence-corrected chi connectivity index (χ2v) is 5.85. The molecule has 0 saturated carbocycles. The van der Waals surface area contributed by atoms with Gasteiger partial charge in [0.1, 0.15) is 0 Å². The van der Waals surface area contributed by atoms with Gasteiger partial charge < -0.3 is 5.32 Å². The van der Waals surface area contributed by atoms with E-state index in [-0.39, 0.29) is 5.91 Å². The van der Waals surface area contributed by atoms with Crippen LogP contribution in [0.5, 0.6) is 0 Å². The zero-order valence-electron chi connectivity index (χ0n) is 10.0. The first kappa shape index (κ1) is 14.4. The summed E-state index contributed by atoms with van der Waals surface area (Å²) < 4.78 is 0.856. The van der Waals surface area contributed by atoms with Crippen LogP contribution in [-0.4, -0.2) is 5.91 Å². The third-order valence-electron chi connectivity index (χ3n) is 2.48. The molecule has 2 nitrogen and oxygen atoms in total. The molecular weight excluding hydrogens is 349 g/mol. The van der Waals surface area contributed by atoms with Crippen molar-refractivity contribution in [1.29, 1.82) is 0 Å². The molecule has 0 aliphatic heterocycles. The number of aryl methyl sites for hydroxylation is 1. The van der Waals surface area contributed by atoms with Crippen LogP contribution in [0.25, 0.3) is 0 Å². The van der Waals surface area contributed by atoms with Crippen LogP contribution in [0, 0.1) is 6.92 Å². The zero-order valence-corrected chi connectivity index (χ0v) is 13.1. The molecule has 0 fully saturated rings. The predicted molar refractivity (Wildman–Crippen MR) is 83.3 cm³/mol. The molecule has 0 unspecified atom stereocenters. The van der Waals surface area contributed by atoms with Crippen LogP contribution in [0.15, 0.2) is 40.9 Å². The van der Waals surface area contributed by atoms with Gasteiger partial charge in [0, 0.05) is 15.1 Å². The highest BCUT2D eigenvalue weighted by atomic mass is 79.9. The SMILES string of the molecule is Cc1cc(Br)cc(C(=O)Nc2cc(Cl)ccc2Cl)c1. The van der Waals surface area contributed by atoms with Crippen LogP contribution in [0.2, 0.25) is 10.0 Å². The maximum Gasteiger partial charge on any atom is 0.255 e. The molecule has 0 spiro atoms. The van der Waals surface area contributed by atoms with E-state index in [9.17, 15) is 4.79 Å². The third kappa shape index (κ3) is 3.72. The molecule has 0 aromatic heterocycles. The van der Waals surface area contributed by atoms with E-state index in [0.717, 1.165) is 10.0 Å². The average Bonchev–Trinajstić information content (AvgIpc) is 2.32. The Morgan fingerprint density at radius 1 is 1.16 bits per heavy atom. The maximum absolute atomic E-state index is 12.1. The molecular formula is C14H10BrCl2NO. The van der Waals surface area contributed by atoms with E-state index in [1.807, 2.05) is 13.0 Å². The third-order valence-corrected chi connectivity index (χ3v) is 3.50. The Morgan fingerprint density at radius 3 is 2.58 bits per heavy atom. The Hall–Kier alpha value is -1.03. The standard InChI is InChI=1S/C14H10BrCl2NO/c1-8-4-9(6-10(15)5-8)14(19)18-13-7-11(16)2-3-12(13)17/h2-7H,1H3,(H,18,19). The van der Waals surface area contributed by atoms with E-state index >= 15 is 0 Å². The lowest BCUT2D eigenvalue weighted by Crippen LogP contribution is -2.12. The van der Waals surface area contributed by atoms with Crippen molar-refractivity contribution in [3.8, 4) is 0 Å². The fourth-order valence-electron chi connectivity index (χ4n) is 1.66. The number of hydrogen-bond acceptors (Lipinski definition) is 1. The fraction of sp³-hybridized carbons (Fsp3) is 0.0714. The minimum atomic E-state index is -0.228. The lowest BCUT2D eigenvalue weighted by molar-refractivity contribution is 0.102. The summed E-state index contributed by atoms with van der Waals surface area (Å²) in [6, 6.07) is 10.4. The van der Waals surface area contributed by atoms with Gasteiger partial charge in [0.2, 0.25) is 0 Å².